The van der Waals surface area contributed by atoms with E-state index in [0.29, 0.717) is 18.8 Å². The van der Waals surface area contributed by atoms with Crippen LogP contribution in [0.2, 0.25) is 0 Å². The Morgan fingerprint density at radius 2 is 2.31 bits per heavy atom. The van der Waals surface area contributed by atoms with Crippen molar-refractivity contribution in [3.05, 3.63) is 0 Å². The van der Waals surface area contributed by atoms with E-state index in [4.69, 9.17) is 4.74 Å². The van der Waals surface area contributed by atoms with Crippen LogP contribution < -0.4 is 5.32 Å². The predicted octanol–water partition coefficient (Wildman–Crippen LogP) is 0.488. The molecule has 16 heavy (non-hydrogen) atoms. The molecule has 0 aromatic heterocycles. The number of carbonyl (C=O) groups is 2. The van der Waals surface area contributed by atoms with Gasteiger partial charge in [0.2, 0.25) is 0 Å². The molecule has 2 unspecified atom stereocenters. The molecule has 6 heteroatoms. The Kier molecular flexibility index (Phi) is 4.61. The fraction of sp³-hybridized carbons (Fsp3) is 0.800. The van der Waals surface area contributed by atoms with E-state index in [0.717, 1.165) is 5.75 Å². The van der Waals surface area contributed by atoms with Gasteiger partial charge in [-0.25, -0.2) is 0 Å². The largest absolute Gasteiger partial charge is 0.480 e. The molecule has 0 spiro atoms. The molecular formula is C10H17NO4S. The second-order valence-corrected chi connectivity index (χ2v) is 4.91. The summed E-state index contributed by atoms with van der Waals surface area (Å²) >= 11 is 1.58. The first-order chi connectivity index (χ1) is 7.52. The fourth-order valence-corrected chi connectivity index (χ4v) is 2.99. The topological polar surface area (TPSA) is 75.6 Å². The van der Waals surface area contributed by atoms with Crippen molar-refractivity contribution < 1.29 is 19.4 Å². The molecule has 0 radical (unpaired) electrons. The summed E-state index contributed by atoms with van der Waals surface area (Å²) in [5, 5.41) is 12.1. The maximum absolute atomic E-state index is 11.4. The number of carbonyl (C=O) groups excluding carboxylic acids is 1. The van der Waals surface area contributed by atoms with Crippen molar-refractivity contribution in [2.75, 3.05) is 18.1 Å². The van der Waals surface area contributed by atoms with Crippen molar-refractivity contribution in [1.82, 2.24) is 5.32 Å². The van der Waals surface area contributed by atoms with E-state index >= 15 is 0 Å². The Morgan fingerprint density at radius 3 is 2.75 bits per heavy atom. The van der Waals surface area contributed by atoms with Gasteiger partial charge in [0.25, 0.3) is 0 Å². The van der Waals surface area contributed by atoms with E-state index in [2.05, 4.69) is 5.32 Å². The molecule has 1 heterocycles. The molecule has 0 aromatic carbocycles. The summed E-state index contributed by atoms with van der Waals surface area (Å²) < 4.78 is 4.84. The Morgan fingerprint density at radius 1 is 1.62 bits per heavy atom. The quantitative estimate of drug-likeness (QED) is 0.689. The lowest BCUT2D eigenvalue weighted by Gasteiger charge is -2.27. The zero-order valence-corrected chi connectivity index (χ0v) is 10.3. The monoisotopic (exact) mass is 247 g/mol. The molecular weight excluding hydrogens is 230 g/mol. The minimum absolute atomic E-state index is 0.305. The third-order valence-electron chi connectivity index (χ3n) is 2.56. The highest BCUT2D eigenvalue weighted by atomic mass is 32.2. The molecule has 1 rings (SSSR count). The number of ether oxygens (including phenoxy) is 1. The average molecular weight is 247 g/mol. The van der Waals surface area contributed by atoms with Gasteiger partial charge in [-0.1, -0.05) is 0 Å². The minimum atomic E-state index is -0.975. The van der Waals surface area contributed by atoms with Crippen molar-refractivity contribution in [3.8, 4) is 0 Å². The number of carboxylic acids is 1. The lowest BCUT2D eigenvalue weighted by atomic mass is 9.98. The first-order valence-electron chi connectivity index (χ1n) is 5.27. The molecule has 2 atom stereocenters. The Labute approximate surface area is 98.9 Å². The molecule has 0 aromatic rings. The molecule has 0 saturated carbocycles. The summed E-state index contributed by atoms with van der Waals surface area (Å²) in [4.78, 5) is 22.6. The lowest BCUT2D eigenvalue weighted by molar-refractivity contribution is -0.148. The van der Waals surface area contributed by atoms with Gasteiger partial charge < -0.3 is 9.84 Å². The van der Waals surface area contributed by atoms with Crippen molar-refractivity contribution >= 4 is 23.7 Å². The number of hydrogen-bond acceptors (Lipinski definition) is 5. The van der Waals surface area contributed by atoms with Crippen molar-refractivity contribution in [2.24, 2.45) is 0 Å². The third kappa shape index (κ3) is 2.89. The number of aliphatic carboxylic acids is 1. The van der Waals surface area contributed by atoms with E-state index in [1.54, 1.807) is 25.6 Å². The van der Waals surface area contributed by atoms with E-state index in [-0.39, 0.29) is 0 Å². The average Bonchev–Trinajstić information content (AvgIpc) is 2.68. The molecule has 1 saturated heterocycles. The maximum Gasteiger partial charge on any atom is 0.324 e. The first kappa shape index (κ1) is 13.3. The Hall–Kier alpha value is -0.750. The smallest absolute Gasteiger partial charge is 0.324 e. The van der Waals surface area contributed by atoms with Crippen LogP contribution in [0.4, 0.5) is 0 Å². The zero-order valence-electron chi connectivity index (χ0n) is 9.49. The number of nitrogens with one attached hydrogen (secondary N) is 1. The predicted molar refractivity (Wildman–Crippen MR) is 61.5 cm³/mol. The van der Waals surface area contributed by atoms with Crippen molar-refractivity contribution in [3.63, 3.8) is 0 Å². The second kappa shape index (κ2) is 5.54. The van der Waals surface area contributed by atoms with Crippen LogP contribution >= 0.6 is 11.8 Å². The Bertz CT molecular complexity index is 276. The standard InChI is InChI=1S/C10H17NO4S/c1-3-15-8(12)7(2)11-10(9(13)14)4-5-16-6-10/h7,11H,3-6H2,1-2H3,(H,13,14). The lowest BCUT2D eigenvalue weighted by Crippen LogP contribution is -2.57. The molecule has 2 N–H and O–H groups in total. The molecule has 5 nitrogen and oxygen atoms in total. The zero-order chi connectivity index (χ0) is 12.2. The van der Waals surface area contributed by atoms with Gasteiger partial charge in [-0.05, 0) is 26.0 Å². The molecule has 0 aliphatic carbocycles. The van der Waals surface area contributed by atoms with E-state index in [1.807, 2.05) is 0 Å². The van der Waals surface area contributed by atoms with Crippen LogP contribution in [0.25, 0.3) is 0 Å². The number of carboxylic acid groups (broad SMARTS) is 1. The second-order valence-electron chi connectivity index (χ2n) is 3.81. The van der Waals surface area contributed by atoms with Crippen LogP contribution in [0.15, 0.2) is 0 Å². The third-order valence-corrected chi connectivity index (χ3v) is 3.75. The highest BCUT2D eigenvalue weighted by molar-refractivity contribution is 7.99. The van der Waals surface area contributed by atoms with Gasteiger partial charge in [0.05, 0.1) is 6.61 Å². The van der Waals surface area contributed by atoms with Gasteiger partial charge in [0.15, 0.2) is 0 Å². The van der Waals surface area contributed by atoms with E-state index in [1.165, 1.54) is 0 Å². The number of esters is 1. The van der Waals surface area contributed by atoms with Gasteiger partial charge in [-0.2, -0.15) is 11.8 Å². The van der Waals surface area contributed by atoms with Gasteiger partial charge in [0.1, 0.15) is 11.6 Å². The first-order valence-corrected chi connectivity index (χ1v) is 6.43. The normalized spacial score (nSPS) is 26.4. The molecule has 1 aliphatic heterocycles. The molecule has 92 valence electrons. The van der Waals surface area contributed by atoms with E-state index in [9.17, 15) is 14.7 Å². The number of rotatable bonds is 5. The summed E-state index contributed by atoms with van der Waals surface area (Å²) in [5.74, 6) is -0.00494. The maximum atomic E-state index is 11.4. The van der Waals surface area contributed by atoms with E-state index < -0.39 is 23.5 Å². The highest BCUT2D eigenvalue weighted by Crippen LogP contribution is 2.28. The van der Waals surface area contributed by atoms with Gasteiger partial charge in [0, 0.05) is 5.75 Å². The molecule has 0 bridgehead atoms. The highest BCUT2D eigenvalue weighted by Gasteiger charge is 2.43. The number of hydrogen-bond donors (Lipinski definition) is 2. The summed E-state index contributed by atoms with van der Waals surface area (Å²) in [5.41, 5.74) is -0.975. The summed E-state index contributed by atoms with van der Waals surface area (Å²) in [7, 11) is 0. The molecule has 1 fully saturated rings. The van der Waals surface area contributed by atoms with Crippen LogP contribution in [-0.2, 0) is 14.3 Å². The van der Waals surface area contributed by atoms with Crippen LogP contribution in [0.3, 0.4) is 0 Å². The summed E-state index contributed by atoms with van der Waals surface area (Å²) in [6, 6.07) is -0.588. The van der Waals surface area contributed by atoms with Gasteiger partial charge in [-0.3, -0.25) is 14.9 Å². The molecule has 1 aliphatic rings. The van der Waals surface area contributed by atoms with Crippen LogP contribution in [0.1, 0.15) is 20.3 Å². The fourth-order valence-electron chi connectivity index (χ4n) is 1.65. The summed E-state index contributed by atoms with van der Waals surface area (Å²) in [6.45, 7) is 3.66. The van der Waals surface area contributed by atoms with Crippen LogP contribution in [0.5, 0.6) is 0 Å². The Balaban J connectivity index is 2.62. The van der Waals surface area contributed by atoms with Gasteiger partial charge >= 0.3 is 11.9 Å². The van der Waals surface area contributed by atoms with Crippen LogP contribution in [-0.4, -0.2) is 46.7 Å². The SMILES string of the molecule is CCOC(=O)C(C)NC1(C(=O)O)CCSC1. The van der Waals surface area contributed by atoms with Crippen molar-refractivity contribution in [1.29, 1.82) is 0 Å². The molecule has 0 amide bonds. The summed E-state index contributed by atoms with van der Waals surface area (Å²) in [6.07, 6.45) is 0.538. The van der Waals surface area contributed by atoms with Crippen molar-refractivity contribution in [2.45, 2.75) is 31.8 Å². The number of thioether (sulfide) groups is 1. The minimum Gasteiger partial charge on any atom is -0.480 e. The van der Waals surface area contributed by atoms with Crippen LogP contribution in [0, 0.1) is 0 Å². The van der Waals surface area contributed by atoms with Gasteiger partial charge in [-0.15, -0.1) is 0 Å².